The molecule has 2 aliphatic heterocycles. The minimum atomic E-state index is -0.597. The molecule has 2 aliphatic carbocycles. The van der Waals surface area contributed by atoms with Gasteiger partial charge in [-0.1, -0.05) is 17.7 Å². The number of phenolic OH excluding ortho intramolecular Hbond substituents is 1. The Labute approximate surface area is 179 Å². The number of carbonyl (C=O) groups excluding carboxylic acids is 4. The van der Waals surface area contributed by atoms with Gasteiger partial charge in [-0.3, -0.25) is 29.0 Å². The van der Waals surface area contributed by atoms with Crippen LogP contribution in [0.2, 0.25) is 0 Å². The fourth-order valence-electron chi connectivity index (χ4n) is 6.21. The van der Waals surface area contributed by atoms with Crippen LogP contribution in [0.4, 0.5) is 0 Å². The van der Waals surface area contributed by atoms with E-state index >= 15 is 0 Å². The van der Waals surface area contributed by atoms with E-state index in [2.05, 4.69) is 0 Å². The maximum atomic E-state index is 13.1. The van der Waals surface area contributed by atoms with Crippen molar-refractivity contribution in [3.63, 3.8) is 0 Å². The number of benzene rings is 1. The molecule has 3 fully saturated rings. The van der Waals surface area contributed by atoms with Gasteiger partial charge in [0.1, 0.15) is 11.5 Å². The van der Waals surface area contributed by atoms with Gasteiger partial charge in [0.05, 0.1) is 30.8 Å². The number of aromatic hydroxyl groups is 1. The van der Waals surface area contributed by atoms with E-state index < -0.39 is 29.6 Å². The van der Waals surface area contributed by atoms with E-state index in [0.29, 0.717) is 24.2 Å². The number of allylic oxidation sites excluding steroid dienone is 2. The molecule has 162 valence electrons. The highest BCUT2D eigenvalue weighted by Gasteiger charge is 2.61. The quantitative estimate of drug-likeness (QED) is 0.567. The number of ether oxygens (including phenoxy) is 1. The lowest BCUT2D eigenvalue weighted by atomic mass is 9.57. The fraction of sp³-hybridized carbons (Fsp3) is 0.478. The van der Waals surface area contributed by atoms with Gasteiger partial charge < -0.3 is 9.84 Å². The largest absolute Gasteiger partial charge is 0.508 e. The molecule has 2 heterocycles. The van der Waals surface area contributed by atoms with Gasteiger partial charge in [0.2, 0.25) is 23.6 Å². The summed E-state index contributed by atoms with van der Waals surface area (Å²) in [5.41, 5.74) is 1.62. The Bertz CT molecular complexity index is 1060. The molecule has 0 aromatic heterocycles. The van der Waals surface area contributed by atoms with Crippen LogP contribution in [0.1, 0.15) is 24.3 Å². The SMILES string of the molecule is COc1cc(O)ccc1C1C2=CCC3C(=O)N(C)C(=O)C3C2CC2C(=O)N(C)C(=O)C21. The molecular weight excluding hydrogens is 400 g/mol. The van der Waals surface area contributed by atoms with Gasteiger partial charge in [0.15, 0.2) is 0 Å². The van der Waals surface area contributed by atoms with Crippen LogP contribution in [-0.2, 0) is 19.2 Å². The van der Waals surface area contributed by atoms with Gasteiger partial charge in [0.25, 0.3) is 0 Å². The summed E-state index contributed by atoms with van der Waals surface area (Å²) in [7, 11) is 4.49. The maximum Gasteiger partial charge on any atom is 0.233 e. The molecule has 4 aliphatic rings. The van der Waals surface area contributed by atoms with Crippen molar-refractivity contribution in [2.75, 3.05) is 21.2 Å². The number of phenols is 1. The zero-order chi connectivity index (χ0) is 22.2. The summed E-state index contributed by atoms with van der Waals surface area (Å²) in [5.74, 6) is -3.29. The molecule has 0 bridgehead atoms. The molecule has 8 heteroatoms. The predicted molar refractivity (Wildman–Crippen MR) is 108 cm³/mol. The van der Waals surface area contributed by atoms with Crippen LogP contribution in [0.15, 0.2) is 29.8 Å². The van der Waals surface area contributed by atoms with E-state index in [0.717, 1.165) is 5.57 Å². The molecule has 0 radical (unpaired) electrons. The Morgan fingerprint density at radius 3 is 2.23 bits per heavy atom. The second-order valence-corrected chi connectivity index (χ2v) is 8.92. The molecule has 6 atom stereocenters. The molecule has 1 aromatic rings. The molecule has 1 N–H and O–H groups in total. The summed E-state index contributed by atoms with van der Waals surface area (Å²) in [5, 5.41) is 9.93. The van der Waals surface area contributed by atoms with Crippen molar-refractivity contribution in [1.29, 1.82) is 0 Å². The summed E-state index contributed by atoms with van der Waals surface area (Å²) in [4.78, 5) is 54.1. The number of rotatable bonds is 2. The van der Waals surface area contributed by atoms with Gasteiger partial charge in [-0.05, 0) is 24.8 Å². The lowest BCUT2D eigenvalue weighted by molar-refractivity contribution is -0.140. The lowest BCUT2D eigenvalue weighted by Gasteiger charge is -2.44. The normalized spacial score (nSPS) is 34.5. The zero-order valence-electron chi connectivity index (χ0n) is 17.6. The summed E-state index contributed by atoms with van der Waals surface area (Å²) in [6.07, 6.45) is 2.79. The lowest BCUT2D eigenvalue weighted by Crippen LogP contribution is -2.43. The molecule has 1 aromatic carbocycles. The van der Waals surface area contributed by atoms with Gasteiger partial charge >= 0.3 is 0 Å². The van der Waals surface area contributed by atoms with Crippen molar-refractivity contribution in [2.24, 2.45) is 29.6 Å². The molecule has 5 rings (SSSR count). The van der Waals surface area contributed by atoms with Crippen LogP contribution in [0.5, 0.6) is 11.5 Å². The van der Waals surface area contributed by atoms with E-state index in [1.165, 1.54) is 43.1 Å². The molecule has 6 unspecified atom stereocenters. The number of carbonyl (C=O) groups is 4. The van der Waals surface area contributed by atoms with E-state index in [9.17, 15) is 24.3 Å². The minimum Gasteiger partial charge on any atom is -0.508 e. The fourth-order valence-corrected chi connectivity index (χ4v) is 6.21. The Morgan fingerprint density at radius 1 is 0.903 bits per heavy atom. The zero-order valence-corrected chi connectivity index (χ0v) is 17.6. The van der Waals surface area contributed by atoms with E-state index in [4.69, 9.17) is 4.74 Å². The van der Waals surface area contributed by atoms with E-state index in [1.807, 2.05) is 6.08 Å². The molecule has 1 saturated carbocycles. The number of hydrogen-bond acceptors (Lipinski definition) is 6. The van der Waals surface area contributed by atoms with Crippen LogP contribution >= 0.6 is 0 Å². The number of nitrogens with zero attached hydrogens (tertiary/aromatic N) is 2. The van der Waals surface area contributed by atoms with Crippen LogP contribution in [0, 0.1) is 29.6 Å². The van der Waals surface area contributed by atoms with Crippen LogP contribution in [0.3, 0.4) is 0 Å². The average Bonchev–Trinajstić information content (AvgIpc) is 3.12. The highest BCUT2D eigenvalue weighted by atomic mass is 16.5. The van der Waals surface area contributed by atoms with Crippen LogP contribution in [0.25, 0.3) is 0 Å². The smallest absolute Gasteiger partial charge is 0.233 e. The number of hydrogen-bond donors (Lipinski definition) is 1. The van der Waals surface area contributed by atoms with E-state index in [1.54, 1.807) is 6.07 Å². The predicted octanol–water partition coefficient (Wildman–Crippen LogP) is 1.30. The number of imide groups is 2. The van der Waals surface area contributed by atoms with Gasteiger partial charge in [-0.2, -0.15) is 0 Å². The summed E-state index contributed by atoms with van der Waals surface area (Å²) < 4.78 is 5.51. The van der Waals surface area contributed by atoms with Crippen LogP contribution in [-0.4, -0.2) is 59.7 Å². The number of methoxy groups -OCH3 is 1. The molecular formula is C23H24N2O6. The highest BCUT2D eigenvalue weighted by Crippen LogP contribution is 2.58. The third-order valence-corrected chi connectivity index (χ3v) is 7.64. The van der Waals surface area contributed by atoms with Gasteiger partial charge in [-0.15, -0.1) is 0 Å². The van der Waals surface area contributed by atoms with Crippen molar-refractivity contribution in [2.45, 2.75) is 18.8 Å². The number of amides is 4. The van der Waals surface area contributed by atoms with Crippen molar-refractivity contribution >= 4 is 23.6 Å². The Balaban J connectivity index is 1.69. The summed E-state index contributed by atoms with van der Waals surface area (Å²) >= 11 is 0. The molecule has 31 heavy (non-hydrogen) atoms. The number of fused-ring (bicyclic) bond motifs is 4. The monoisotopic (exact) mass is 424 g/mol. The van der Waals surface area contributed by atoms with Crippen molar-refractivity contribution < 1.29 is 29.0 Å². The summed E-state index contributed by atoms with van der Waals surface area (Å²) in [6.45, 7) is 0. The van der Waals surface area contributed by atoms with Crippen molar-refractivity contribution in [3.8, 4) is 11.5 Å². The second kappa shape index (κ2) is 6.67. The first-order valence-corrected chi connectivity index (χ1v) is 10.5. The first-order chi connectivity index (χ1) is 14.8. The first kappa shape index (κ1) is 19.8. The first-order valence-electron chi connectivity index (χ1n) is 10.5. The highest BCUT2D eigenvalue weighted by molar-refractivity contribution is 6.07. The van der Waals surface area contributed by atoms with Crippen molar-refractivity contribution in [1.82, 2.24) is 9.80 Å². The molecule has 4 amide bonds. The van der Waals surface area contributed by atoms with Gasteiger partial charge in [0, 0.05) is 31.6 Å². The Hall–Kier alpha value is -3.16. The second-order valence-electron chi connectivity index (χ2n) is 8.92. The molecule has 8 nitrogen and oxygen atoms in total. The maximum absolute atomic E-state index is 13.1. The third-order valence-electron chi connectivity index (χ3n) is 7.64. The Kier molecular flexibility index (Phi) is 4.26. The summed E-state index contributed by atoms with van der Waals surface area (Å²) in [6, 6.07) is 4.74. The van der Waals surface area contributed by atoms with Gasteiger partial charge in [-0.25, -0.2) is 0 Å². The average molecular weight is 424 g/mol. The number of likely N-dealkylation sites (tertiary alicyclic amines) is 2. The third kappa shape index (κ3) is 2.53. The molecule has 0 spiro atoms. The standard InChI is InChI=1S/C23H24N2O6/c1-24-20(27)13-7-6-11-14(18(13)22(24)29)9-15-19(23(30)25(2)21(15)28)17(11)12-5-4-10(26)8-16(12)31-3/h4-6,8,13-15,17-19,26H,7,9H2,1-3H3. The Morgan fingerprint density at radius 2 is 1.55 bits per heavy atom. The molecule has 2 saturated heterocycles. The minimum absolute atomic E-state index is 0.0336. The topological polar surface area (TPSA) is 104 Å². The van der Waals surface area contributed by atoms with Crippen molar-refractivity contribution in [3.05, 3.63) is 35.4 Å². The van der Waals surface area contributed by atoms with Crippen LogP contribution < -0.4 is 4.74 Å². The van der Waals surface area contributed by atoms with E-state index in [-0.39, 0.29) is 35.3 Å².